The lowest BCUT2D eigenvalue weighted by Crippen LogP contribution is -2.57. The minimum absolute atomic E-state index is 0.00472. The van der Waals surface area contributed by atoms with Crippen molar-refractivity contribution in [2.24, 2.45) is 0 Å². The van der Waals surface area contributed by atoms with Crippen LogP contribution in [0.5, 0.6) is 5.75 Å². The number of nitrogens with zero attached hydrogens (tertiary/aromatic N) is 2. The lowest BCUT2D eigenvalue weighted by Gasteiger charge is -2.44. The highest BCUT2D eigenvalue weighted by molar-refractivity contribution is 6.30. The number of carbonyl (C=O) groups is 2. The standard InChI is InChI=1S/C21H18ClF2N3O5/c22-13-3-9(14(23)5-15(13)24)6-25-20(30)12-7-26-8-16-27(10-1-2-11(4-10)32-16)21(31)17(26)19(29)18(12)28/h3,5,7,10-11,16,29H,1-2,4,6,8H2,(H,25,30)/t10?,11-,16-/m1/s1. The second kappa shape index (κ2) is 7.56. The summed E-state index contributed by atoms with van der Waals surface area (Å²) in [5.41, 5.74) is -1.70. The van der Waals surface area contributed by atoms with Crippen LogP contribution in [-0.2, 0) is 17.8 Å². The summed E-state index contributed by atoms with van der Waals surface area (Å²) in [7, 11) is 0. The second-order valence-electron chi connectivity index (χ2n) is 8.15. The molecule has 1 aromatic heterocycles. The number of hydrogen-bond donors (Lipinski definition) is 2. The number of aromatic hydroxyl groups is 1. The van der Waals surface area contributed by atoms with Gasteiger partial charge in [-0.25, -0.2) is 8.78 Å². The van der Waals surface area contributed by atoms with Gasteiger partial charge in [0, 0.05) is 30.4 Å². The molecule has 32 heavy (non-hydrogen) atoms. The van der Waals surface area contributed by atoms with Gasteiger partial charge in [0.15, 0.2) is 17.7 Å². The Morgan fingerprint density at radius 1 is 1.25 bits per heavy atom. The van der Waals surface area contributed by atoms with Crippen LogP contribution in [0, 0.1) is 11.6 Å². The first-order valence-corrected chi connectivity index (χ1v) is 10.5. The van der Waals surface area contributed by atoms with Gasteiger partial charge in [0.1, 0.15) is 17.2 Å². The van der Waals surface area contributed by atoms with Crippen LogP contribution in [0.3, 0.4) is 0 Å². The van der Waals surface area contributed by atoms with E-state index in [0.717, 1.165) is 25.3 Å². The molecule has 3 aliphatic rings. The maximum Gasteiger partial charge on any atom is 0.276 e. The molecule has 2 fully saturated rings. The number of rotatable bonds is 3. The maximum absolute atomic E-state index is 13.9. The van der Waals surface area contributed by atoms with E-state index in [4.69, 9.17) is 16.3 Å². The van der Waals surface area contributed by atoms with E-state index in [1.54, 1.807) is 4.90 Å². The number of nitrogens with one attached hydrogen (secondary N) is 1. The van der Waals surface area contributed by atoms with Gasteiger partial charge < -0.3 is 24.6 Å². The van der Waals surface area contributed by atoms with Crippen molar-refractivity contribution in [3.05, 3.63) is 62.0 Å². The van der Waals surface area contributed by atoms with Crippen LogP contribution in [0.2, 0.25) is 5.02 Å². The summed E-state index contributed by atoms with van der Waals surface area (Å²) in [5, 5.41) is 12.5. The Hall–Kier alpha value is -2.98. The van der Waals surface area contributed by atoms with Gasteiger partial charge in [0.2, 0.25) is 5.43 Å². The summed E-state index contributed by atoms with van der Waals surface area (Å²) in [6.45, 7) is -0.210. The highest BCUT2D eigenvalue weighted by Gasteiger charge is 2.47. The number of ether oxygens (including phenoxy) is 1. The topological polar surface area (TPSA) is 101 Å². The summed E-state index contributed by atoms with van der Waals surface area (Å²) >= 11 is 5.65. The molecule has 168 valence electrons. The summed E-state index contributed by atoms with van der Waals surface area (Å²) in [6, 6.07) is 1.62. The van der Waals surface area contributed by atoms with Gasteiger partial charge in [-0.1, -0.05) is 11.6 Å². The minimum Gasteiger partial charge on any atom is -0.503 e. The molecule has 8 nitrogen and oxygen atoms in total. The van der Waals surface area contributed by atoms with E-state index in [0.29, 0.717) is 6.07 Å². The van der Waals surface area contributed by atoms with Gasteiger partial charge in [-0.15, -0.1) is 0 Å². The Morgan fingerprint density at radius 2 is 2.03 bits per heavy atom. The molecule has 1 saturated heterocycles. The molecule has 2 N–H and O–H groups in total. The Kier molecular flexibility index (Phi) is 4.94. The van der Waals surface area contributed by atoms with Gasteiger partial charge in [0.05, 0.1) is 17.7 Å². The first-order chi connectivity index (χ1) is 15.2. The Balaban J connectivity index is 1.43. The molecule has 1 aromatic carbocycles. The van der Waals surface area contributed by atoms with E-state index < -0.39 is 46.4 Å². The van der Waals surface area contributed by atoms with Crippen molar-refractivity contribution in [3.63, 3.8) is 0 Å². The lowest BCUT2D eigenvalue weighted by atomic mass is 10.1. The smallest absolute Gasteiger partial charge is 0.276 e. The number of halogens is 3. The minimum atomic E-state index is -1.01. The van der Waals surface area contributed by atoms with Gasteiger partial charge in [-0.3, -0.25) is 14.4 Å². The second-order valence-corrected chi connectivity index (χ2v) is 8.56. The van der Waals surface area contributed by atoms with Crippen molar-refractivity contribution in [3.8, 4) is 5.75 Å². The molecule has 5 rings (SSSR count). The number of fused-ring (bicyclic) bond motifs is 5. The molecular formula is C21H18ClF2N3O5. The monoisotopic (exact) mass is 465 g/mol. The predicted molar refractivity (Wildman–Crippen MR) is 107 cm³/mol. The Bertz CT molecular complexity index is 1220. The van der Waals surface area contributed by atoms with Crippen molar-refractivity contribution >= 4 is 23.4 Å². The molecule has 1 unspecified atom stereocenters. The van der Waals surface area contributed by atoms with Crippen LogP contribution < -0.4 is 10.7 Å². The first-order valence-electron chi connectivity index (χ1n) is 10.1. The molecule has 2 amide bonds. The number of pyridine rings is 1. The normalized spacial score (nSPS) is 23.7. The van der Waals surface area contributed by atoms with Crippen molar-refractivity contribution in [2.75, 3.05) is 0 Å². The summed E-state index contributed by atoms with van der Waals surface area (Å²) < 4.78 is 34.5. The number of hydrogen-bond acceptors (Lipinski definition) is 5. The molecule has 1 saturated carbocycles. The van der Waals surface area contributed by atoms with Crippen LogP contribution in [0.15, 0.2) is 23.1 Å². The summed E-state index contributed by atoms with van der Waals surface area (Å²) in [6.07, 6.45) is 3.05. The highest BCUT2D eigenvalue weighted by Crippen LogP contribution is 2.38. The zero-order valence-electron chi connectivity index (χ0n) is 16.6. The van der Waals surface area contributed by atoms with Gasteiger partial charge in [-0.2, -0.15) is 0 Å². The summed E-state index contributed by atoms with van der Waals surface area (Å²) in [4.78, 5) is 39.9. The molecule has 0 spiro atoms. The molecule has 2 aliphatic heterocycles. The molecule has 2 aromatic rings. The van der Waals surface area contributed by atoms with E-state index in [-0.39, 0.29) is 41.5 Å². The van der Waals surface area contributed by atoms with Crippen molar-refractivity contribution in [1.82, 2.24) is 14.8 Å². The van der Waals surface area contributed by atoms with Crippen molar-refractivity contribution in [2.45, 2.75) is 50.7 Å². The van der Waals surface area contributed by atoms with E-state index in [1.807, 2.05) is 0 Å². The van der Waals surface area contributed by atoms with E-state index in [2.05, 4.69) is 5.32 Å². The summed E-state index contributed by atoms with van der Waals surface area (Å²) in [5.74, 6) is -4.07. The van der Waals surface area contributed by atoms with Crippen LogP contribution >= 0.6 is 11.6 Å². The number of carbonyl (C=O) groups excluding carboxylic acids is 2. The van der Waals surface area contributed by atoms with Gasteiger partial charge >= 0.3 is 0 Å². The van der Waals surface area contributed by atoms with Gasteiger partial charge in [0.25, 0.3) is 11.8 Å². The molecule has 1 aliphatic carbocycles. The third-order valence-electron chi connectivity index (χ3n) is 6.23. The highest BCUT2D eigenvalue weighted by atomic mass is 35.5. The fourth-order valence-corrected chi connectivity index (χ4v) is 4.87. The SMILES string of the molecule is O=C(NCc1cc(Cl)c(F)cc1F)c1cn2c(c(O)c1=O)C(=O)N1C3CC[C@H](C3)O[C@@H]1C2. The quantitative estimate of drug-likeness (QED) is 0.676. The third-order valence-corrected chi connectivity index (χ3v) is 6.52. The average Bonchev–Trinajstić information content (AvgIpc) is 3.12. The van der Waals surface area contributed by atoms with Crippen LogP contribution in [-0.4, -0.2) is 44.8 Å². The predicted octanol–water partition coefficient (Wildman–Crippen LogP) is 2.15. The molecule has 3 heterocycles. The van der Waals surface area contributed by atoms with Crippen LogP contribution in [0.1, 0.15) is 45.7 Å². The Morgan fingerprint density at radius 3 is 2.81 bits per heavy atom. The molecular weight excluding hydrogens is 448 g/mol. The first kappa shape index (κ1) is 20.9. The van der Waals surface area contributed by atoms with Crippen LogP contribution in [0.4, 0.5) is 8.78 Å². The number of benzene rings is 1. The molecule has 11 heteroatoms. The van der Waals surface area contributed by atoms with Crippen LogP contribution in [0.25, 0.3) is 0 Å². The number of aromatic nitrogens is 1. The molecule has 2 bridgehead atoms. The third kappa shape index (κ3) is 3.25. The van der Waals surface area contributed by atoms with E-state index in [1.165, 1.54) is 10.8 Å². The Labute approximate surface area is 185 Å². The van der Waals surface area contributed by atoms with Crippen molar-refractivity contribution < 1.29 is 28.2 Å². The van der Waals surface area contributed by atoms with E-state index >= 15 is 0 Å². The fraction of sp³-hybridized carbons (Fsp3) is 0.381. The molecule has 3 atom stereocenters. The van der Waals surface area contributed by atoms with E-state index in [9.17, 15) is 28.3 Å². The molecule has 0 radical (unpaired) electrons. The number of amides is 2. The zero-order chi connectivity index (χ0) is 22.7. The average molecular weight is 466 g/mol. The largest absolute Gasteiger partial charge is 0.503 e. The zero-order valence-corrected chi connectivity index (χ0v) is 17.4. The van der Waals surface area contributed by atoms with Crippen molar-refractivity contribution in [1.29, 1.82) is 0 Å². The van der Waals surface area contributed by atoms with Gasteiger partial charge in [-0.05, 0) is 25.3 Å². The maximum atomic E-state index is 13.9. The lowest BCUT2D eigenvalue weighted by molar-refractivity contribution is -0.132. The fourth-order valence-electron chi connectivity index (χ4n) is 4.68.